The Balaban J connectivity index is 1.54. The summed E-state index contributed by atoms with van der Waals surface area (Å²) in [5.74, 6) is 6.20. The first-order chi connectivity index (χ1) is 69.8. The number of nitrogens with one attached hydrogen (secondary N) is 1. The predicted octanol–water partition coefficient (Wildman–Crippen LogP) is 41.1. The molecule has 0 unspecified atom stereocenters. The maximum Gasteiger partial charge on any atom is 0.203 e. The number of aromatic amines is 1. The molecular weight excluding hydrogens is 1740 g/mol. The van der Waals surface area contributed by atoms with Gasteiger partial charge in [0, 0.05) is 34.3 Å². The van der Waals surface area contributed by atoms with Gasteiger partial charge in [-0.2, -0.15) is 0 Å². The number of aromatic nitrogens is 4. The van der Waals surface area contributed by atoms with Crippen LogP contribution in [0.3, 0.4) is 0 Å². The SMILES string of the molecule is CCCCCCCCCCOc1cc(-c2c(-c3cc(OCCCCCCCCCC)c(OCCCCCCCCCC)c(OCCCCCCCCCC)c3)c3cc4nc(cc5ccc(cc6nc(cc2n3-c2cc(OCCCCCCCCCC)c(OCCCCCCCCCC)c(OCCCCCCCCCC)c2)C=C6)[nH]5)C=C4)cc(OCCCCCCCCCC)c1OCCCCCCCCCC. The fourth-order valence-corrected chi connectivity index (χ4v) is 20.0. The highest BCUT2D eigenvalue weighted by atomic mass is 16.6. The topological polar surface area (TPSA) is 130 Å². The van der Waals surface area contributed by atoms with Gasteiger partial charge in [-0.05, 0) is 154 Å². The Morgan fingerprint density at radius 3 is 0.560 bits per heavy atom. The molecule has 2 aliphatic rings. The zero-order valence-electron chi connectivity index (χ0n) is 92.0. The van der Waals surface area contributed by atoms with Gasteiger partial charge in [0.05, 0.1) is 99.0 Å². The third kappa shape index (κ3) is 49.0. The number of H-pyrrole nitrogens is 1. The number of ether oxygens (including phenoxy) is 9. The Labute approximate surface area is 862 Å². The van der Waals surface area contributed by atoms with Crippen molar-refractivity contribution in [2.24, 2.45) is 0 Å². The van der Waals surface area contributed by atoms with Crippen LogP contribution < -0.4 is 42.6 Å². The summed E-state index contributed by atoms with van der Waals surface area (Å²) in [7, 11) is 0. The molecule has 6 aromatic rings. The first-order valence-electron chi connectivity index (χ1n) is 60.1. The summed E-state index contributed by atoms with van der Waals surface area (Å²) >= 11 is 0. The number of fused-ring (bicyclic) bond motifs is 8. The van der Waals surface area contributed by atoms with Crippen LogP contribution in [0.5, 0.6) is 51.7 Å². The maximum atomic E-state index is 7.54. The molecule has 3 aromatic heterocycles. The fraction of sp³-hybridized carbons (Fsp3) is 0.703. The third-order valence-corrected chi connectivity index (χ3v) is 28.7. The van der Waals surface area contributed by atoms with Crippen molar-refractivity contribution in [2.45, 2.75) is 525 Å². The summed E-state index contributed by atoms with van der Waals surface area (Å²) in [6.45, 7) is 25.7. The van der Waals surface area contributed by atoms with Crippen LogP contribution in [0.2, 0.25) is 0 Å². The minimum Gasteiger partial charge on any atom is -0.490 e. The molecule has 0 radical (unpaired) electrons. The van der Waals surface area contributed by atoms with Gasteiger partial charge >= 0.3 is 0 Å². The van der Waals surface area contributed by atoms with E-state index < -0.39 is 0 Å². The first-order valence-corrected chi connectivity index (χ1v) is 60.1. The highest BCUT2D eigenvalue weighted by Crippen LogP contribution is 2.53. The van der Waals surface area contributed by atoms with E-state index in [4.69, 9.17) is 52.6 Å². The van der Waals surface area contributed by atoms with Crippen molar-refractivity contribution in [3.05, 3.63) is 95.6 Å². The molecule has 0 atom stereocenters. The normalized spacial score (nSPS) is 11.8. The Morgan fingerprint density at radius 1 is 0.191 bits per heavy atom. The molecular formula is C128H206N4O9. The summed E-state index contributed by atoms with van der Waals surface area (Å²) in [4.78, 5) is 15.0. The number of benzene rings is 3. The largest absolute Gasteiger partial charge is 0.490 e. The van der Waals surface area contributed by atoms with Crippen LogP contribution >= 0.6 is 0 Å². The van der Waals surface area contributed by atoms with Crippen molar-refractivity contribution in [3.8, 4) is 79.7 Å². The van der Waals surface area contributed by atoms with Gasteiger partial charge in [0.1, 0.15) is 0 Å². The van der Waals surface area contributed by atoms with Gasteiger partial charge in [0.25, 0.3) is 0 Å². The minimum absolute atomic E-state index is 0.535. The molecule has 0 spiro atoms. The lowest BCUT2D eigenvalue weighted by molar-refractivity contribution is 0.234. The van der Waals surface area contributed by atoms with Crippen molar-refractivity contribution in [1.29, 1.82) is 0 Å². The van der Waals surface area contributed by atoms with Crippen LogP contribution in [0.25, 0.3) is 74.3 Å². The van der Waals surface area contributed by atoms with E-state index in [9.17, 15) is 0 Å². The summed E-state index contributed by atoms with van der Waals surface area (Å²) in [6, 6.07) is 27.1. The summed E-state index contributed by atoms with van der Waals surface area (Å²) in [6.07, 6.45) is 94.8. The van der Waals surface area contributed by atoms with E-state index in [-0.39, 0.29) is 0 Å². The average Bonchev–Trinajstić information content (AvgIpc) is 1.57. The smallest absolute Gasteiger partial charge is 0.203 e. The molecule has 0 saturated heterocycles. The molecule has 1 N–H and O–H groups in total. The van der Waals surface area contributed by atoms with Crippen molar-refractivity contribution < 1.29 is 42.6 Å². The van der Waals surface area contributed by atoms with Gasteiger partial charge in [0.15, 0.2) is 34.5 Å². The lowest BCUT2D eigenvalue weighted by Gasteiger charge is -2.21. The Kier molecular flexibility index (Phi) is 66.3. The summed E-state index contributed by atoms with van der Waals surface area (Å²) < 4.78 is 69.8. The van der Waals surface area contributed by atoms with Gasteiger partial charge in [-0.3, -0.25) is 0 Å². The molecule has 141 heavy (non-hydrogen) atoms. The second-order valence-electron chi connectivity index (χ2n) is 41.7. The van der Waals surface area contributed by atoms with Crippen molar-refractivity contribution >= 4 is 46.4 Å². The highest BCUT2D eigenvalue weighted by Gasteiger charge is 2.30. The highest BCUT2D eigenvalue weighted by molar-refractivity contribution is 6.07. The van der Waals surface area contributed by atoms with Gasteiger partial charge in [-0.1, -0.05) is 467 Å². The maximum absolute atomic E-state index is 7.54. The Morgan fingerprint density at radius 2 is 0.362 bits per heavy atom. The molecule has 3 aromatic carbocycles. The van der Waals surface area contributed by atoms with Gasteiger partial charge in [-0.25, -0.2) is 9.97 Å². The van der Waals surface area contributed by atoms with E-state index in [2.05, 4.69) is 169 Å². The molecule has 5 heterocycles. The van der Waals surface area contributed by atoms with Crippen molar-refractivity contribution in [2.75, 3.05) is 59.5 Å². The van der Waals surface area contributed by atoms with Gasteiger partial charge in [0.2, 0.25) is 17.2 Å². The second-order valence-corrected chi connectivity index (χ2v) is 41.7. The molecule has 13 heteroatoms. The molecule has 8 bridgehead atoms. The summed E-state index contributed by atoms with van der Waals surface area (Å²) in [5, 5.41) is 0. The van der Waals surface area contributed by atoms with Crippen LogP contribution in [0.4, 0.5) is 0 Å². The fourth-order valence-electron chi connectivity index (χ4n) is 20.0. The molecule has 0 amide bonds. The van der Waals surface area contributed by atoms with E-state index >= 15 is 0 Å². The number of unbranched alkanes of at least 4 members (excludes halogenated alkanes) is 63. The number of hydrogen-bond acceptors (Lipinski definition) is 11. The summed E-state index contributed by atoms with van der Waals surface area (Å²) in [5.41, 5.74) is 11.6. The number of hydrogen-bond donors (Lipinski definition) is 1. The van der Waals surface area contributed by atoms with Crippen molar-refractivity contribution in [1.82, 2.24) is 19.5 Å². The standard InChI is InChI=1S/C128H206N4O9/c1-10-19-28-37-46-55-64-73-88-133-118-97-107(98-119(134-89-74-65-56-47-38-29-20-11-2)126(118)139-94-79-70-61-52-43-34-25-16-7)124-116-103-113-86-84-111(130-113)101-109-82-83-110(129-109)102-112-85-87-114(131-112)104-117(125(124)108-99-120(135-90-75-66-57-48-39-30-21-12-3)127(140-95-80-71-62-53-44-35-26-17-8)121(100-108)136-91-76-67-58-49-40-31-22-13-4)132(116)115-105-122(137-92-77-68-59-50-41-32-23-14-5)128(141-96-81-72-63-54-45-36-27-18-9)123(106-115)138-93-78-69-60-51-42-33-24-15-6/h82-87,97-106,129H,10-81,88-96H2,1-9H3. The van der Waals surface area contributed by atoms with Gasteiger partial charge < -0.3 is 52.2 Å². The molecule has 13 nitrogen and oxygen atoms in total. The van der Waals surface area contributed by atoms with E-state index in [1.807, 2.05) is 0 Å². The zero-order chi connectivity index (χ0) is 99.4. The monoisotopic (exact) mass is 1940 g/mol. The molecule has 8 rings (SSSR count). The Hall–Kier alpha value is -7.54. The van der Waals surface area contributed by atoms with E-state index in [0.717, 1.165) is 188 Å². The van der Waals surface area contributed by atoms with Crippen LogP contribution in [-0.2, 0) is 0 Å². The van der Waals surface area contributed by atoms with Crippen molar-refractivity contribution in [3.63, 3.8) is 0 Å². The molecule has 2 aliphatic heterocycles. The van der Waals surface area contributed by atoms with Gasteiger partial charge in [-0.15, -0.1) is 0 Å². The quantitative estimate of drug-likeness (QED) is 0.0366. The lowest BCUT2D eigenvalue weighted by atomic mass is 9.94. The van der Waals surface area contributed by atoms with Crippen LogP contribution in [0.15, 0.2) is 72.8 Å². The lowest BCUT2D eigenvalue weighted by Crippen LogP contribution is -2.08. The van der Waals surface area contributed by atoms with Crippen LogP contribution in [0, 0.1) is 0 Å². The van der Waals surface area contributed by atoms with E-state index in [1.54, 1.807) is 0 Å². The van der Waals surface area contributed by atoms with E-state index in [0.29, 0.717) is 111 Å². The predicted molar refractivity (Wildman–Crippen MR) is 608 cm³/mol. The minimum atomic E-state index is 0.535. The molecule has 0 fully saturated rings. The molecule has 0 saturated carbocycles. The zero-order valence-corrected chi connectivity index (χ0v) is 92.0. The first kappa shape index (κ1) is 119. The molecule has 792 valence electrons. The van der Waals surface area contributed by atoms with Crippen LogP contribution in [0.1, 0.15) is 547 Å². The Bertz CT molecular complexity index is 4060. The second kappa shape index (κ2) is 78.8. The average molecular weight is 1950 g/mol. The number of nitrogens with zero attached hydrogens (tertiary/aromatic N) is 3. The van der Waals surface area contributed by atoms with E-state index in [1.165, 1.54) is 347 Å². The number of rotatable bonds is 93. The van der Waals surface area contributed by atoms with Crippen LogP contribution in [-0.4, -0.2) is 79.0 Å². The third-order valence-electron chi connectivity index (χ3n) is 28.7. The molecule has 0 aliphatic carbocycles.